The molecule has 10 heavy (non-hydrogen) atoms. The van der Waals surface area contributed by atoms with Gasteiger partial charge in [0.25, 0.3) is 0 Å². The largest absolute Gasteiger partial charge is 0.357 e. The van der Waals surface area contributed by atoms with Crippen LogP contribution in [0.1, 0.15) is 25.7 Å². The van der Waals surface area contributed by atoms with Crippen LogP contribution in [-0.4, -0.2) is 26.2 Å². The fourth-order valence-electron chi connectivity index (χ4n) is 1.68. The van der Waals surface area contributed by atoms with E-state index in [1.165, 1.54) is 45.3 Å². The molecule has 1 heterocycles. The summed E-state index contributed by atoms with van der Waals surface area (Å²) in [5, 5.41) is 0. The number of hydrogen-bond donors (Lipinski definition) is 2. The van der Waals surface area contributed by atoms with Crippen LogP contribution in [0.15, 0.2) is 0 Å². The zero-order valence-corrected chi connectivity index (χ0v) is 6.86. The standard InChI is InChI=1S/C8H18N2/c9-5-4-8-10-6-2-1-3-7-10/h1-9H2/p+2. The molecule has 0 bridgehead atoms. The molecule has 0 aromatic heterocycles. The second-order valence-electron chi connectivity index (χ2n) is 3.27. The molecule has 0 aromatic carbocycles. The Labute approximate surface area is 63.4 Å². The van der Waals surface area contributed by atoms with Crippen molar-refractivity contribution >= 4 is 0 Å². The molecule has 4 N–H and O–H groups in total. The van der Waals surface area contributed by atoms with Gasteiger partial charge in [-0.15, -0.1) is 0 Å². The second kappa shape index (κ2) is 4.69. The van der Waals surface area contributed by atoms with Crippen molar-refractivity contribution in [2.75, 3.05) is 26.2 Å². The fourth-order valence-corrected chi connectivity index (χ4v) is 1.68. The first-order valence-electron chi connectivity index (χ1n) is 4.56. The van der Waals surface area contributed by atoms with E-state index in [-0.39, 0.29) is 0 Å². The highest BCUT2D eigenvalue weighted by atomic mass is 15.1. The van der Waals surface area contributed by atoms with Crippen molar-refractivity contribution in [3.63, 3.8) is 0 Å². The van der Waals surface area contributed by atoms with E-state index in [0.29, 0.717) is 0 Å². The Balaban J connectivity index is 2.02. The van der Waals surface area contributed by atoms with E-state index in [0.717, 1.165) is 6.54 Å². The van der Waals surface area contributed by atoms with Crippen LogP contribution < -0.4 is 10.6 Å². The molecule has 1 saturated heterocycles. The molecule has 0 radical (unpaired) electrons. The topological polar surface area (TPSA) is 32.1 Å². The minimum absolute atomic E-state index is 1.11. The van der Waals surface area contributed by atoms with Crippen molar-refractivity contribution in [3.05, 3.63) is 0 Å². The highest BCUT2D eigenvalue weighted by Gasteiger charge is 2.11. The number of quaternary nitrogens is 2. The van der Waals surface area contributed by atoms with E-state index in [1.807, 2.05) is 4.90 Å². The Morgan fingerprint density at radius 1 is 1.10 bits per heavy atom. The highest BCUT2D eigenvalue weighted by molar-refractivity contribution is 4.45. The van der Waals surface area contributed by atoms with Crippen LogP contribution >= 0.6 is 0 Å². The van der Waals surface area contributed by atoms with E-state index in [2.05, 4.69) is 5.73 Å². The van der Waals surface area contributed by atoms with Crippen molar-refractivity contribution < 1.29 is 10.6 Å². The molecular formula is C8H20N2+2. The molecule has 2 heteroatoms. The third-order valence-corrected chi connectivity index (χ3v) is 2.34. The van der Waals surface area contributed by atoms with Crippen LogP contribution in [0, 0.1) is 0 Å². The van der Waals surface area contributed by atoms with Gasteiger partial charge in [0.2, 0.25) is 0 Å². The Morgan fingerprint density at radius 2 is 1.80 bits per heavy atom. The van der Waals surface area contributed by atoms with Crippen LogP contribution in [0.4, 0.5) is 0 Å². The molecule has 1 aliphatic heterocycles. The van der Waals surface area contributed by atoms with Gasteiger partial charge in [0.05, 0.1) is 26.2 Å². The molecule has 1 rings (SSSR count). The van der Waals surface area contributed by atoms with Crippen molar-refractivity contribution in [2.24, 2.45) is 0 Å². The van der Waals surface area contributed by atoms with Gasteiger partial charge in [0.15, 0.2) is 0 Å². The molecule has 0 aromatic rings. The maximum atomic E-state index is 3.86. The molecular weight excluding hydrogens is 124 g/mol. The number of hydrogen-bond acceptors (Lipinski definition) is 0. The van der Waals surface area contributed by atoms with Crippen molar-refractivity contribution in [3.8, 4) is 0 Å². The van der Waals surface area contributed by atoms with Crippen LogP contribution in [0.2, 0.25) is 0 Å². The van der Waals surface area contributed by atoms with Crippen LogP contribution in [0.5, 0.6) is 0 Å². The number of piperidine rings is 1. The first kappa shape index (κ1) is 8.02. The summed E-state index contributed by atoms with van der Waals surface area (Å²) in [5.74, 6) is 0. The number of likely N-dealkylation sites (tertiary alicyclic amines) is 1. The third kappa shape index (κ3) is 2.67. The summed E-state index contributed by atoms with van der Waals surface area (Å²) in [6.45, 7) is 5.31. The molecule has 0 spiro atoms. The summed E-state index contributed by atoms with van der Waals surface area (Å²) in [6, 6.07) is 0. The predicted molar refractivity (Wildman–Crippen MR) is 41.8 cm³/mol. The zero-order valence-electron chi connectivity index (χ0n) is 6.86. The smallest absolute Gasteiger partial charge is 0.0825 e. The molecule has 0 amide bonds. The molecule has 2 nitrogen and oxygen atoms in total. The summed E-state index contributed by atoms with van der Waals surface area (Å²) in [4.78, 5) is 1.81. The SMILES string of the molecule is [NH3+]CCC[NH+]1CCCCC1. The molecule has 0 saturated carbocycles. The van der Waals surface area contributed by atoms with Crippen molar-refractivity contribution in [1.29, 1.82) is 0 Å². The first-order chi connectivity index (χ1) is 4.93. The van der Waals surface area contributed by atoms with Gasteiger partial charge >= 0.3 is 0 Å². The van der Waals surface area contributed by atoms with Gasteiger partial charge in [-0.2, -0.15) is 0 Å². The van der Waals surface area contributed by atoms with Crippen LogP contribution in [0.3, 0.4) is 0 Å². The summed E-state index contributed by atoms with van der Waals surface area (Å²) < 4.78 is 0. The summed E-state index contributed by atoms with van der Waals surface area (Å²) in [5.41, 5.74) is 3.86. The minimum atomic E-state index is 1.11. The molecule has 0 unspecified atom stereocenters. The normalized spacial score (nSPS) is 21.3. The fraction of sp³-hybridized carbons (Fsp3) is 1.00. The Morgan fingerprint density at radius 3 is 2.40 bits per heavy atom. The lowest BCUT2D eigenvalue weighted by Gasteiger charge is -2.22. The average Bonchev–Trinajstić information content (AvgIpc) is 2.03. The number of rotatable bonds is 3. The van der Waals surface area contributed by atoms with Gasteiger partial charge < -0.3 is 10.6 Å². The summed E-state index contributed by atoms with van der Waals surface area (Å²) >= 11 is 0. The monoisotopic (exact) mass is 144 g/mol. The van der Waals surface area contributed by atoms with Crippen molar-refractivity contribution in [1.82, 2.24) is 0 Å². The third-order valence-electron chi connectivity index (χ3n) is 2.34. The maximum Gasteiger partial charge on any atom is 0.0825 e. The number of nitrogens with one attached hydrogen (secondary N) is 1. The van der Waals surface area contributed by atoms with E-state index in [4.69, 9.17) is 0 Å². The highest BCUT2D eigenvalue weighted by Crippen LogP contribution is 1.94. The van der Waals surface area contributed by atoms with Gasteiger partial charge in [-0.1, -0.05) is 0 Å². The van der Waals surface area contributed by atoms with Crippen LogP contribution in [-0.2, 0) is 0 Å². The van der Waals surface area contributed by atoms with Gasteiger partial charge in [0, 0.05) is 6.42 Å². The molecule has 1 fully saturated rings. The lowest BCUT2D eigenvalue weighted by Crippen LogP contribution is -3.12. The zero-order chi connectivity index (χ0) is 7.23. The second-order valence-corrected chi connectivity index (χ2v) is 3.27. The van der Waals surface area contributed by atoms with E-state index in [9.17, 15) is 0 Å². The van der Waals surface area contributed by atoms with Crippen molar-refractivity contribution in [2.45, 2.75) is 25.7 Å². The predicted octanol–water partition coefficient (Wildman–Crippen LogP) is -1.31. The lowest BCUT2D eigenvalue weighted by atomic mass is 10.1. The van der Waals surface area contributed by atoms with Gasteiger partial charge in [-0.3, -0.25) is 0 Å². The molecule has 1 aliphatic rings. The summed E-state index contributed by atoms with van der Waals surface area (Å²) in [6.07, 6.45) is 5.68. The molecule has 0 atom stereocenters. The van der Waals surface area contributed by atoms with Crippen LogP contribution in [0.25, 0.3) is 0 Å². The first-order valence-corrected chi connectivity index (χ1v) is 4.56. The van der Waals surface area contributed by atoms with Gasteiger partial charge in [-0.25, -0.2) is 0 Å². The lowest BCUT2D eigenvalue weighted by molar-refractivity contribution is -0.905. The van der Waals surface area contributed by atoms with Gasteiger partial charge in [-0.05, 0) is 19.3 Å². The van der Waals surface area contributed by atoms with Gasteiger partial charge in [0.1, 0.15) is 0 Å². The summed E-state index contributed by atoms with van der Waals surface area (Å²) in [7, 11) is 0. The quantitative estimate of drug-likeness (QED) is 0.493. The van der Waals surface area contributed by atoms with E-state index in [1.54, 1.807) is 0 Å². The minimum Gasteiger partial charge on any atom is -0.357 e. The Kier molecular flexibility index (Phi) is 3.76. The van der Waals surface area contributed by atoms with E-state index >= 15 is 0 Å². The molecule has 0 aliphatic carbocycles. The Hall–Kier alpha value is -0.0800. The Bertz CT molecular complexity index is 77.3. The maximum absolute atomic E-state index is 3.86. The van der Waals surface area contributed by atoms with E-state index < -0.39 is 0 Å². The average molecular weight is 144 g/mol. The molecule has 60 valence electrons.